The van der Waals surface area contributed by atoms with Crippen molar-refractivity contribution in [1.29, 1.82) is 0 Å². The van der Waals surface area contributed by atoms with Crippen molar-refractivity contribution in [2.45, 2.75) is 38.8 Å². The van der Waals surface area contributed by atoms with E-state index in [1.807, 2.05) is 7.05 Å². The monoisotopic (exact) mass is 280 g/mol. The van der Waals surface area contributed by atoms with Crippen LogP contribution in [-0.2, 0) is 4.74 Å². The van der Waals surface area contributed by atoms with Crippen LogP contribution < -0.4 is 10.2 Å². The van der Waals surface area contributed by atoms with Crippen LogP contribution in [0.15, 0.2) is 6.33 Å². The molecule has 1 aliphatic heterocycles. The van der Waals surface area contributed by atoms with E-state index in [4.69, 9.17) is 4.74 Å². The van der Waals surface area contributed by atoms with Gasteiger partial charge in [-0.2, -0.15) is 0 Å². The lowest BCUT2D eigenvalue weighted by Gasteiger charge is -2.39. The lowest BCUT2D eigenvalue weighted by molar-refractivity contribution is -0.0106. The number of aliphatic hydroxyl groups is 1. The average molecular weight is 280 g/mol. The van der Waals surface area contributed by atoms with Gasteiger partial charge in [0.25, 0.3) is 0 Å². The maximum absolute atomic E-state index is 9.32. The molecule has 2 atom stereocenters. The fraction of sp³-hybridized carbons (Fsp3) is 0.714. The quantitative estimate of drug-likeness (QED) is 0.864. The van der Waals surface area contributed by atoms with Gasteiger partial charge in [0.05, 0.1) is 25.4 Å². The molecule has 0 saturated carbocycles. The van der Waals surface area contributed by atoms with Gasteiger partial charge in [-0.3, -0.25) is 0 Å². The van der Waals surface area contributed by atoms with Gasteiger partial charge in [0.15, 0.2) is 0 Å². The Balaban J connectivity index is 2.40. The predicted molar refractivity (Wildman–Crippen MR) is 79.3 cm³/mol. The second kappa shape index (κ2) is 6.37. The van der Waals surface area contributed by atoms with Crippen LogP contribution in [0.3, 0.4) is 0 Å². The van der Waals surface area contributed by atoms with Gasteiger partial charge in [-0.05, 0) is 12.8 Å². The number of ether oxygens (including phenoxy) is 1. The number of anilines is 2. The molecular formula is C14H24N4O2. The highest BCUT2D eigenvalue weighted by molar-refractivity contribution is 5.60. The van der Waals surface area contributed by atoms with Crippen molar-refractivity contribution in [3.63, 3.8) is 0 Å². The Kier molecular flexibility index (Phi) is 4.77. The highest BCUT2D eigenvalue weighted by Gasteiger charge is 2.29. The van der Waals surface area contributed by atoms with Gasteiger partial charge < -0.3 is 20.1 Å². The van der Waals surface area contributed by atoms with Crippen LogP contribution >= 0.6 is 0 Å². The lowest BCUT2D eigenvalue weighted by atomic mass is 10.0. The summed E-state index contributed by atoms with van der Waals surface area (Å²) in [6.07, 6.45) is 1.43. The molecule has 1 aromatic rings. The van der Waals surface area contributed by atoms with Gasteiger partial charge >= 0.3 is 0 Å². The molecule has 0 bridgehead atoms. The number of nitrogens with one attached hydrogen (secondary N) is 1. The van der Waals surface area contributed by atoms with E-state index >= 15 is 0 Å². The minimum Gasteiger partial charge on any atom is -0.394 e. The van der Waals surface area contributed by atoms with Gasteiger partial charge in [0.1, 0.15) is 18.0 Å². The number of aromatic nitrogens is 2. The Morgan fingerprint density at radius 3 is 2.85 bits per heavy atom. The molecule has 20 heavy (non-hydrogen) atoms. The van der Waals surface area contributed by atoms with Crippen molar-refractivity contribution in [1.82, 2.24) is 9.97 Å². The molecule has 2 unspecified atom stereocenters. The maximum Gasteiger partial charge on any atom is 0.137 e. The number of hydrogen-bond donors (Lipinski definition) is 2. The lowest BCUT2D eigenvalue weighted by Crippen LogP contribution is -2.50. The zero-order chi connectivity index (χ0) is 14.7. The van der Waals surface area contributed by atoms with Gasteiger partial charge in [-0.15, -0.1) is 0 Å². The van der Waals surface area contributed by atoms with Crippen molar-refractivity contribution in [3.8, 4) is 0 Å². The van der Waals surface area contributed by atoms with Crippen molar-refractivity contribution in [3.05, 3.63) is 11.9 Å². The average Bonchev–Trinajstić information content (AvgIpc) is 2.46. The molecular weight excluding hydrogens is 256 g/mol. The molecule has 2 rings (SSSR count). The molecule has 1 saturated heterocycles. The van der Waals surface area contributed by atoms with Crippen LogP contribution in [-0.4, -0.2) is 54.0 Å². The van der Waals surface area contributed by atoms with Crippen molar-refractivity contribution >= 4 is 11.6 Å². The maximum atomic E-state index is 9.32. The molecule has 0 aliphatic carbocycles. The third-order valence-electron chi connectivity index (χ3n) is 3.66. The van der Waals surface area contributed by atoms with Crippen LogP contribution in [0.1, 0.15) is 32.3 Å². The van der Waals surface area contributed by atoms with E-state index in [-0.39, 0.29) is 18.8 Å². The molecule has 0 spiro atoms. The first-order valence-corrected chi connectivity index (χ1v) is 7.10. The normalized spacial score (nSPS) is 23.2. The number of aliphatic hydroxyl groups excluding tert-OH is 1. The van der Waals surface area contributed by atoms with Crippen molar-refractivity contribution in [2.75, 3.05) is 37.0 Å². The number of hydrogen-bond acceptors (Lipinski definition) is 6. The number of rotatable bonds is 4. The van der Waals surface area contributed by atoms with E-state index in [2.05, 4.69) is 41.0 Å². The minimum absolute atomic E-state index is 0.0319. The van der Waals surface area contributed by atoms with Crippen LogP contribution in [0.4, 0.5) is 11.6 Å². The second-order valence-electron chi connectivity index (χ2n) is 5.50. The topological polar surface area (TPSA) is 70.5 Å². The Labute approximate surface area is 120 Å². The first kappa shape index (κ1) is 15.0. The Hall–Kier alpha value is -1.40. The summed E-state index contributed by atoms with van der Waals surface area (Å²) in [6.45, 7) is 7.66. The van der Waals surface area contributed by atoms with Gasteiger partial charge in [0.2, 0.25) is 0 Å². The van der Waals surface area contributed by atoms with E-state index in [0.717, 1.165) is 17.2 Å². The van der Waals surface area contributed by atoms with E-state index in [0.29, 0.717) is 19.1 Å². The van der Waals surface area contributed by atoms with Gasteiger partial charge in [-0.1, -0.05) is 13.8 Å². The summed E-state index contributed by atoms with van der Waals surface area (Å²) in [7, 11) is 1.87. The fourth-order valence-corrected chi connectivity index (χ4v) is 2.57. The molecule has 112 valence electrons. The first-order chi connectivity index (χ1) is 9.58. The summed E-state index contributed by atoms with van der Waals surface area (Å²) in [4.78, 5) is 11.0. The zero-order valence-corrected chi connectivity index (χ0v) is 12.6. The van der Waals surface area contributed by atoms with Crippen molar-refractivity contribution in [2.24, 2.45) is 0 Å². The predicted octanol–water partition coefficient (Wildman–Crippen LogP) is 1.23. The fourth-order valence-electron chi connectivity index (χ4n) is 2.57. The van der Waals surface area contributed by atoms with Crippen LogP contribution in [0, 0.1) is 0 Å². The smallest absolute Gasteiger partial charge is 0.137 e. The number of nitrogens with zero attached hydrogens (tertiary/aromatic N) is 3. The molecule has 1 aliphatic rings. The summed E-state index contributed by atoms with van der Waals surface area (Å²) in [6, 6.07) is 0.231. The highest BCUT2D eigenvalue weighted by atomic mass is 16.5. The third-order valence-corrected chi connectivity index (χ3v) is 3.66. The SMILES string of the molecule is CNc1ncnc(N2CC(CO)OCC2C)c1C(C)C. The zero-order valence-electron chi connectivity index (χ0n) is 12.6. The van der Waals surface area contributed by atoms with Gasteiger partial charge in [-0.25, -0.2) is 9.97 Å². The summed E-state index contributed by atoms with van der Waals surface area (Å²) in [5.41, 5.74) is 1.11. The Morgan fingerprint density at radius 1 is 1.50 bits per heavy atom. The molecule has 2 heterocycles. The molecule has 6 nitrogen and oxygen atoms in total. The standard InChI is InChI=1S/C14H24N4O2/c1-9(2)12-13(15-4)16-8-17-14(12)18-5-11(6-19)20-7-10(18)3/h8-11,19H,5-7H2,1-4H3,(H,15,16,17). The van der Waals surface area contributed by atoms with Crippen molar-refractivity contribution < 1.29 is 9.84 Å². The number of morpholine rings is 1. The van der Waals surface area contributed by atoms with Crippen LogP contribution in [0.2, 0.25) is 0 Å². The Bertz CT molecular complexity index is 453. The summed E-state index contributed by atoms with van der Waals surface area (Å²) < 4.78 is 5.60. The molecule has 1 aromatic heterocycles. The van der Waals surface area contributed by atoms with E-state index < -0.39 is 0 Å². The Morgan fingerprint density at radius 2 is 2.25 bits per heavy atom. The minimum atomic E-state index is -0.154. The highest BCUT2D eigenvalue weighted by Crippen LogP contribution is 2.32. The molecule has 2 N–H and O–H groups in total. The molecule has 0 radical (unpaired) electrons. The van der Waals surface area contributed by atoms with E-state index in [1.165, 1.54) is 0 Å². The van der Waals surface area contributed by atoms with Gasteiger partial charge in [0, 0.05) is 19.2 Å². The van der Waals surface area contributed by atoms with E-state index in [1.54, 1.807) is 6.33 Å². The van der Waals surface area contributed by atoms with E-state index in [9.17, 15) is 5.11 Å². The molecule has 1 fully saturated rings. The van der Waals surface area contributed by atoms with Crippen LogP contribution in [0.25, 0.3) is 0 Å². The first-order valence-electron chi connectivity index (χ1n) is 7.10. The molecule has 6 heteroatoms. The molecule has 0 aromatic carbocycles. The summed E-state index contributed by atoms with van der Waals surface area (Å²) >= 11 is 0. The third kappa shape index (κ3) is 2.86. The second-order valence-corrected chi connectivity index (χ2v) is 5.50. The summed E-state index contributed by atoms with van der Waals surface area (Å²) in [5.74, 6) is 2.12. The molecule has 0 amide bonds. The van der Waals surface area contributed by atoms with Crippen LogP contribution in [0.5, 0.6) is 0 Å². The summed E-state index contributed by atoms with van der Waals surface area (Å²) in [5, 5.41) is 12.5. The largest absolute Gasteiger partial charge is 0.394 e.